The molecule has 0 aliphatic rings. The third-order valence-electron chi connectivity index (χ3n) is 8.46. The number of pyridine rings is 1. The minimum Gasteiger partial charge on any atom is -0.496 e. The molecule has 9 nitrogen and oxygen atoms in total. The molecule has 7 rings (SSSR count). The molecule has 0 atom stereocenters. The van der Waals surface area contributed by atoms with Gasteiger partial charge in [0.25, 0.3) is 5.91 Å². The highest BCUT2D eigenvalue weighted by Crippen LogP contribution is 2.43. The smallest absolute Gasteiger partial charge is 0.262 e. The van der Waals surface area contributed by atoms with Gasteiger partial charge in [-0.1, -0.05) is 24.3 Å². The average Bonchev–Trinajstić information content (AvgIpc) is 3.72. The predicted molar refractivity (Wildman–Crippen MR) is 191 cm³/mol. The molecule has 2 N–H and O–H groups in total. The standard InChI is InChI=1S/C38H31FN4O5S/c1-4-49(45,46)42-33-21-35-30(20-28(33)24-13-16-34(47-3)29(18-24)32-19-25-8-5-6-10-31(25)41-32)36(37(48-35)23-11-14-26(39)15-12-23)38(44)43(2)27-9-7-17-40-22-27/h5-22,41-42H,4H2,1-3H3. The maximum absolute atomic E-state index is 14.3. The number of carbonyl (C=O) groups is 1. The van der Waals surface area contributed by atoms with Crippen molar-refractivity contribution in [3.63, 3.8) is 0 Å². The van der Waals surface area contributed by atoms with Gasteiger partial charge in [-0.05, 0) is 79.2 Å². The highest BCUT2D eigenvalue weighted by atomic mass is 32.2. The van der Waals surface area contributed by atoms with Crippen molar-refractivity contribution < 1.29 is 26.8 Å². The maximum atomic E-state index is 14.3. The number of anilines is 2. The third kappa shape index (κ3) is 6.00. The van der Waals surface area contributed by atoms with Gasteiger partial charge in [0.05, 0.1) is 41.7 Å². The van der Waals surface area contributed by atoms with E-state index in [1.807, 2.05) is 48.5 Å². The first-order valence-corrected chi connectivity index (χ1v) is 17.1. The van der Waals surface area contributed by atoms with Gasteiger partial charge in [-0.2, -0.15) is 0 Å². The summed E-state index contributed by atoms with van der Waals surface area (Å²) >= 11 is 0. The lowest BCUT2D eigenvalue weighted by Crippen LogP contribution is -2.26. The number of amides is 1. The average molecular weight is 675 g/mol. The van der Waals surface area contributed by atoms with Crippen LogP contribution in [0.15, 0.2) is 114 Å². The molecule has 0 fully saturated rings. The largest absolute Gasteiger partial charge is 0.496 e. The zero-order valence-electron chi connectivity index (χ0n) is 26.8. The molecule has 0 aliphatic carbocycles. The van der Waals surface area contributed by atoms with E-state index in [2.05, 4.69) is 14.7 Å². The molecular formula is C38H31FN4O5S. The second-order valence-electron chi connectivity index (χ2n) is 11.5. The highest BCUT2D eigenvalue weighted by Gasteiger charge is 2.28. The monoisotopic (exact) mass is 674 g/mol. The number of fused-ring (bicyclic) bond motifs is 2. The van der Waals surface area contributed by atoms with Crippen molar-refractivity contribution in [2.24, 2.45) is 0 Å². The van der Waals surface area contributed by atoms with Gasteiger partial charge in [0.2, 0.25) is 10.0 Å². The van der Waals surface area contributed by atoms with Crippen molar-refractivity contribution in [1.82, 2.24) is 9.97 Å². The summed E-state index contributed by atoms with van der Waals surface area (Å²) in [6.07, 6.45) is 3.19. The van der Waals surface area contributed by atoms with Gasteiger partial charge in [0, 0.05) is 52.3 Å². The molecule has 3 heterocycles. The number of carbonyl (C=O) groups excluding carboxylic acids is 1. The Balaban J connectivity index is 1.48. The Labute approximate surface area is 282 Å². The fourth-order valence-electron chi connectivity index (χ4n) is 5.86. The summed E-state index contributed by atoms with van der Waals surface area (Å²) < 4.78 is 54.7. The van der Waals surface area contributed by atoms with Gasteiger partial charge >= 0.3 is 0 Å². The molecule has 1 amide bonds. The number of H-pyrrole nitrogens is 1. The number of hydrogen-bond acceptors (Lipinski definition) is 6. The number of benzene rings is 4. The van der Waals surface area contributed by atoms with Crippen molar-refractivity contribution in [1.29, 1.82) is 0 Å². The maximum Gasteiger partial charge on any atom is 0.262 e. The number of halogens is 1. The van der Waals surface area contributed by atoms with Crippen molar-refractivity contribution in [3.8, 4) is 39.5 Å². The van der Waals surface area contributed by atoms with Crippen LogP contribution in [0.2, 0.25) is 0 Å². The Morgan fingerprint density at radius 2 is 1.73 bits per heavy atom. The van der Waals surface area contributed by atoms with E-state index in [4.69, 9.17) is 9.15 Å². The fraction of sp³-hybridized carbons (Fsp3) is 0.105. The van der Waals surface area contributed by atoms with E-state index in [0.717, 1.165) is 22.2 Å². The van der Waals surface area contributed by atoms with E-state index in [1.165, 1.54) is 29.2 Å². The van der Waals surface area contributed by atoms with Crippen molar-refractivity contribution >= 4 is 49.2 Å². The minimum atomic E-state index is -3.74. The normalized spacial score (nSPS) is 11.6. The number of nitrogens with zero attached hydrogens (tertiary/aromatic N) is 2. The number of para-hydroxylation sites is 1. The van der Waals surface area contributed by atoms with Crippen LogP contribution in [0.3, 0.4) is 0 Å². The molecule has 0 saturated heterocycles. The molecule has 0 aliphatic heterocycles. The number of methoxy groups -OCH3 is 1. The van der Waals surface area contributed by atoms with E-state index < -0.39 is 21.7 Å². The number of rotatable bonds is 9. The molecular weight excluding hydrogens is 644 g/mol. The van der Waals surface area contributed by atoms with Gasteiger partial charge in [-0.25, -0.2) is 12.8 Å². The summed E-state index contributed by atoms with van der Waals surface area (Å²) in [5, 5.41) is 1.47. The number of ether oxygens (including phenoxy) is 1. The number of hydrogen-bond donors (Lipinski definition) is 2. The molecule has 0 unspecified atom stereocenters. The first-order chi connectivity index (χ1) is 23.7. The van der Waals surface area contributed by atoms with Crippen LogP contribution < -0.4 is 14.4 Å². The second-order valence-corrected chi connectivity index (χ2v) is 13.5. The quantitative estimate of drug-likeness (QED) is 0.159. The van der Waals surface area contributed by atoms with Gasteiger partial charge in [0.1, 0.15) is 22.9 Å². The Hall–Kier alpha value is -5.94. The molecule has 0 saturated carbocycles. The first-order valence-electron chi connectivity index (χ1n) is 15.5. The van der Waals surface area contributed by atoms with Crippen LogP contribution in [0.25, 0.3) is 55.6 Å². The molecule has 49 heavy (non-hydrogen) atoms. The number of aromatic amines is 1. The number of aromatic nitrogens is 2. The van der Waals surface area contributed by atoms with Crippen molar-refractivity contribution in [2.75, 3.05) is 29.5 Å². The summed E-state index contributed by atoms with van der Waals surface area (Å²) in [5.41, 5.74) is 5.48. The Kier molecular flexibility index (Phi) is 8.13. The van der Waals surface area contributed by atoms with Crippen molar-refractivity contribution in [3.05, 3.63) is 121 Å². The highest BCUT2D eigenvalue weighted by molar-refractivity contribution is 7.92. The van der Waals surface area contributed by atoms with Crippen LogP contribution in [-0.2, 0) is 10.0 Å². The summed E-state index contributed by atoms with van der Waals surface area (Å²) in [7, 11) is -0.514. The van der Waals surface area contributed by atoms with Crippen LogP contribution in [0, 0.1) is 5.82 Å². The van der Waals surface area contributed by atoms with E-state index in [9.17, 15) is 17.6 Å². The van der Waals surface area contributed by atoms with Gasteiger partial charge in [-0.15, -0.1) is 0 Å². The zero-order chi connectivity index (χ0) is 34.3. The third-order valence-corrected chi connectivity index (χ3v) is 9.75. The molecule has 11 heteroatoms. The lowest BCUT2D eigenvalue weighted by molar-refractivity contribution is 0.0994. The molecule has 3 aromatic heterocycles. The number of sulfonamides is 1. The van der Waals surface area contributed by atoms with E-state index in [-0.39, 0.29) is 28.3 Å². The van der Waals surface area contributed by atoms with E-state index >= 15 is 0 Å². The van der Waals surface area contributed by atoms with Gasteiger partial charge in [0.15, 0.2) is 0 Å². The van der Waals surface area contributed by atoms with Gasteiger partial charge < -0.3 is 19.0 Å². The molecule has 0 radical (unpaired) electrons. The van der Waals surface area contributed by atoms with Crippen molar-refractivity contribution in [2.45, 2.75) is 6.92 Å². The first kappa shape index (κ1) is 31.6. The Morgan fingerprint density at radius 1 is 0.959 bits per heavy atom. The Bertz CT molecular complexity index is 2420. The van der Waals surface area contributed by atoms with Crippen LogP contribution in [-0.4, -0.2) is 44.2 Å². The SMILES string of the molecule is CCS(=O)(=O)Nc1cc2oc(-c3ccc(F)cc3)c(C(=O)N(C)c3cccnc3)c2cc1-c1ccc(OC)c(-c2cc3ccccc3[nH]2)c1. The fourth-order valence-corrected chi connectivity index (χ4v) is 6.51. The topological polar surface area (TPSA) is 118 Å². The molecule has 0 bridgehead atoms. The number of furan rings is 1. The van der Waals surface area contributed by atoms with Crippen LogP contribution in [0.4, 0.5) is 15.8 Å². The summed E-state index contributed by atoms with van der Waals surface area (Å²) in [4.78, 5) is 23.4. The predicted octanol–water partition coefficient (Wildman–Crippen LogP) is 8.50. The lowest BCUT2D eigenvalue weighted by atomic mass is 9.96. The van der Waals surface area contributed by atoms with E-state index in [0.29, 0.717) is 33.5 Å². The molecule has 4 aromatic carbocycles. The molecule has 246 valence electrons. The van der Waals surface area contributed by atoms with Crippen LogP contribution in [0.1, 0.15) is 17.3 Å². The lowest BCUT2D eigenvalue weighted by Gasteiger charge is -2.18. The number of nitrogens with one attached hydrogen (secondary N) is 2. The van der Waals surface area contributed by atoms with Gasteiger partial charge in [-0.3, -0.25) is 14.5 Å². The van der Waals surface area contributed by atoms with Crippen LogP contribution >= 0.6 is 0 Å². The zero-order valence-corrected chi connectivity index (χ0v) is 27.6. The molecule has 7 aromatic rings. The minimum absolute atomic E-state index is 0.161. The Morgan fingerprint density at radius 3 is 2.45 bits per heavy atom. The van der Waals surface area contributed by atoms with E-state index in [1.54, 1.807) is 57.7 Å². The van der Waals surface area contributed by atoms with Crippen LogP contribution in [0.5, 0.6) is 5.75 Å². The summed E-state index contributed by atoms with van der Waals surface area (Å²) in [5.74, 6) is -0.170. The summed E-state index contributed by atoms with van der Waals surface area (Å²) in [6, 6.07) is 28.0. The second kappa shape index (κ2) is 12.6. The summed E-state index contributed by atoms with van der Waals surface area (Å²) in [6.45, 7) is 1.55. The molecule has 0 spiro atoms.